The summed E-state index contributed by atoms with van der Waals surface area (Å²) in [6.45, 7) is 5.04. The molecule has 1 N–H and O–H groups in total. The molecule has 0 radical (unpaired) electrons. The van der Waals surface area contributed by atoms with Crippen LogP contribution in [0.5, 0.6) is 5.75 Å². The third-order valence-corrected chi connectivity index (χ3v) is 4.58. The fourth-order valence-electron chi connectivity index (χ4n) is 3.00. The fourth-order valence-corrected chi connectivity index (χ4v) is 3.00. The van der Waals surface area contributed by atoms with Crippen LogP contribution < -0.4 is 10.1 Å². The molecule has 150 valence electrons. The van der Waals surface area contributed by atoms with Gasteiger partial charge < -0.3 is 15.0 Å². The number of methoxy groups -OCH3 is 1. The predicted molar refractivity (Wildman–Crippen MR) is 114 cm³/mol. The van der Waals surface area contributed by atoms with E-state index in [1.807, 2.05) is 73.3 Å². The first-order valence-electron chi connectivity index (χ1n) is 9.62. The highest BCUT2D eigenvalue weighted by Gasteiger charge is 2.21. The number of benzene rings is 2. The Balaban J connectivity index is 1.73. The van der Waals surface area contributed by atoms with Crippen molar-refractivity contribution in [3.05, 3.63) is 83.7 Å². The van der Waals surface area contributed by atoms with Crippen LogP contribution in [0.4, 0.5) is 5.95 Å². The zero-order chi connectivity index (χ0) is 20.6. The van der Waals surface area contributed by atoms with Gasteiger partial charge in [-0.25, -0.2) is 9.97 Å². The van der Waals surface area contributed by atoms with Gasteiger partial charge in [0.15, 0.2) is 0 Å². The third-order valence-electron chi connectivity index (χ3n) is 4.58. The molecule has 1 aromatic heterocycles. The van der Waals surface area contributed by atoms with E-state index in [0.717, 1.165) is 16.9 Å². The van der Waals surface area contributed by atoms with Crippen LogP contribution in [0, 0.1) is 0 Å². The van der Waals surface area contributed by atoms with Crippen molar-refractivity contribution < 1.29 is 9.53 Å². The first-order valence-corrected chi connectivity index (χ1v) is 9.62. The Morgan fingerprint density at radius 3 is 2.52 bits per heavy atom. The monoisotopic (exact) mass is 390 g/mol. The molecule has 2 aromatic carbocycles. The molecule has 0 aliphatic rings. The van der Waals surface area contributed by atoms with E-state index in [0.29, 0.717) is 24.7 Å². The lowest BCUT2D eigenvalue weighted by molar-refractivity contribution is 0.0684. The summed E-state index contributed by atoms with van der Waals surface area (Å²) in [6.07, 6.45) is 1.60. The molecule has 3 rings (SSSR count). The Morgan fingerprint density at radius 1 is 1.07 bits per heavy atom. The van der Waals surface area contributed by atoms with Gasteiger partial charge in [-0.1, -0.05) is 48.5 Å². The van der Waals surface area contributed by atoms with Gasteiger partial charge in [-0.2, -0.15) is 0 Å². The highest BCUT2D eigenvalue weighted by molar-refractivity contribution is 5.92. The molecule has 0 saturated carbocycles. The molecule has 0 atom stereocenters. The van der Waals surface area contributed by atoms with Crippen molar-refractivity contribution in [2.24, 2.45) is 0 Å². The van der Waals surface area contributed by atoms with Gasteiger partial charge in [0.05, 0.1) is 7.11 Å². The minimum absolute atomic E-state index is 0.0441. The molecule has 0 aliphatic heterocycles. The molecule has 0 spiro atoms. The van der Waals surface area contributed by atoms with E-state index in [9.17, 15) is 4.79 Å². The Kier molecular flexibility index (Phi) is 6.79. The second-order valence-electron chi connectivity index (χ2n) is 6.94. The first kappa shape index (κ1) is 20.3. The molecule has 0 saturated heterocycles. The number of hydrogen-bond donors (Lipinski definition) is 1. The first-order chi connectivity index (χ1) is 14.1. The minimum Gasteiger partial charge on any atom is -0.496 e. The predicted octanol–water partition coefficient (Wildman–Crippen LogP) is 4.15. The summed E-state index contributed by atoms with van der Waals surface area (Å²) >= 11 is 0. The number of para-hydroxylation sites is 1. The number of rotatable bonds is 8. The van der Waals surface area contributed by atoms with Crippen LogP contribution in [0.1, 0.15) is 35.5 Å². The quantitative estimate of drug-likeness (QED) is 0.626. The van der Waals surface area contributed by atoms with E-state index >= 15 is 0 Å². The van der Waals surface area contributed by atoms with Crippen LogP contribution in [0.3, 0.4) is 0 Å². The molecule has 6 heteroatoms. The third kappa shape index (κ3) is 5.31. The van der Waals surface area contributed by atoms with E-state index < -0.39 is 0 Å². The molecule has 1 heterocycles. The van der Waals surface area contributed by atoms with Crippen LogP contribution in [-0.2, 0) is 13.1 Å². The van der Waals surface area contributed by atoms with Crippen LogP contribution >= 0.6 is 0 Å². The number of nitrogens with zero attached hydrogens (tertiary/aromatic N) is 3. The summed E-state index contributed by atoms with van der Waals surface area (Å²) in [5.74, 6) is 1.08. The SMILES string of the molecule is COc1ccccc1CNc1nccc(C(=O)N(Cc2ccccc2)C(C)C)n1. The minimum atomic E-state index is -0.119. The lowest BCUT2D eigenvalue weighted by Gasteiger charge is -2.26. The molecule has 0 bridgehead atoms. The molecule has 0 aliphatic carbocycles. The number of carbonyl (C=O) groups is 1. The zero-order valence-corrected chi connectivity index (χ0v) is 17.0. The molecule has 29 heavy (non-hydrogen) atoms. The zero-order valence-electron chi connectivity index (χ0n) is 17.0. The van der Waals surface area contributed by atoms with Gasteiger partial charge in [-0.3, -0.25) is 4.79 Å². The molecule has 6 nitrogen and oxygen atoms in total. The summed E-state index contributed by atoms with van der Waals surface area (Å²) in [7, 11) is 1.64. The topological polar surface area (TPSA) is 67.3 Å². The summed E-state index contributed by atoms with van der Waals surface area (Å²) in [6, 6.07) is 19.4. The Hall–Kier alpha value is -3.41. The van der Waals surface area contributed by atoms with Crippen LogP contribution in [0.2, 0.25) is 0 Å². The largest absolute Gasteiger partial charge is 0.496 e. The van der Waals surface area contributed by atoms with Crippen molar-refractivity contribution in [3.8, 4) is 5.75 Å². The maximum Gasteiger partial charge on any atom is 0.273 e. The van der Waals surface area contributed by atoms with Gasteiger partial charge in [0.1, 0.15) is 11.4 Å². The average Bonchev–Trinajstić information content (AvgIpc) is 2.76. The van der Waals surface area contributed by atoms with E-state index in [1.165, 1.54) is 0 Å². The number of aromatic nitrogens is 2. The summed E-state index contributed by atoms with van der Waals surface area (Å²) in [4.78, 5) is 23.6. The Bertz CT molecular complexity index is 944. The summed E-state index contributed by atoms with van der Waals surface area (Å²) in [5.41, 5.74) is 2.44. The van der Waals surface area contributed by atoms with Gasteiger partial charge in [0.2, 0.25) is 5.95 Å². The van der Waals surface area contributed by atoms with Crippen LogP contribution in [0.25, 0.3) is 0 Å². The second kappa shape index (κ2) is 9.68. The van der Waals surface area contributed by atoms with E-state index in [4.69, 9.17) is 4.74 Å². The molecule has 0 unspecified atom stereocenters. The standard InChI is InChI=1S/C23H26N4O2/c1-17(2)27(16-18-9-5-4-6-10-18)22(28)20-13-14-24-23(26-20)25-15-19-11-7-8-12-21(19)29-3/h4-14,17H,15-16H2,1-3H3,(H,24,25,26). The van der Waals surface area contributed by atoms with E-state index in [2.05, 4.69) is 15.3 Å². The Labute approximate surface area is 171 Å². The van der Waals surface area contributed by atoms with Gasteiger partial charge in [0, 0.05) is 30.9 Å². The van der Waals surface area contributed by atoms with Crippen molar-refractivity contribution in [1.29, 1.82) is 0 Å². The Morgan fingerprint density at radius 2 is 1.79 bits per heavy atom. The second-order valence-corrected chi connectivity index (χ2v) is 6.94. The van der Waals surface area contributed by atoms with Crippen molar-refractivity contribution in [2.75, 3.05) is 12.4 Å². The van der Waals surface area contributed by atoms with Gasteiger partial charge >= 0.3 is 0 Å². The van der Waals surface area contributed by atoms with E-state index in [-0.39, 0.29) is 11.9 Å². The molecular weight excluding hydrogens is 364 g/mol. The number of amides is 1. The highest BCUT2D eigenvalue weighted by atomic mass is 16.5. The van der Waals surface area contributed by atoms with Crippen LogP contribution in [0.15, 0.2) is 66.9 Å². The molecular formula is C23H26N4O2. The maximum atomic E-state index is 13.1. The highest BCUT2D eigenvalue weighted by Crippen LogP contribution is 2.18. The van der Waals surface area contributed by atoms with Crippen molar-refractivity contribution in [1.82, 2.24) is 14.9 Å². The van der Waals surface area contributed by atoms with Gasteiger partial charge in [-0.05, 0) is 31.5 Å². The average molecular weight is 390 g/mol. The number of nitrogens with one attached hydrogen (secondary N) is 1. The van der Waals surface area contributed by atoms with Crippen molar-refractivity contribution >= 4 is 11.9 Å². The molecule has 1 amide bonds. The van der Waals surface area contributed by atoms with Gasteiger partial charge in [-0.15, -0.1) is 0 Å². The number of ether oxygens (including phenoxy) is 1. The molecule has 3 aromatic rings. The van der Waals surface area contributed by atoms with Crippen molar-refractivity contribution in [2.45, 2.75) is 33.0 Å². The smallest absolute Gasteiger partial charge is 0.273 e. The number of hydrogen-bond acceptors (Lipinski definition) is 5. The maximum absolute atomic E-state index is 13.1. The van der Waals surface area contributed by atoms with E-state index in [1.54, 1.807) is 19.4 Å². The van der Waals surface area contributed by atoms with Crippen LogP contribution in [-0.4, -0.2) is 33.9 Å². The molecule has 0 fully saturated rings. The summed E-state index contributed by atoms with van der Waals surface area (Å²) in [5, 5.41) is 3.18. The number of anilines is 1. The normalized spacial score (nSPS) is 10.6. The van der Waals surface area contributed by atoms with Gasteiger partial charge in [0.25, 0.3) is 5.91 Å². The number of carbonyl (C=O) groups excluding carboxylic acids is 1. The fraction of sp³-hybridized carbons (Fsp3) is 0.261. The van der Waals surface area contributed by atoms with Crippen molar-refractivity contribution in [3.63, 3.8) is 0 Å². The summed E-state index contributed by atoms with van der Waals surface area (Å²) < 4.78 is 5.37. The lowest BCUT2D eigenvalue weighted by Crippen LogP contribution is -2.37. The lowest BCUT2D eigenvalue weighted by atomic mass is 10.1.